The van der Waals surface area contributed by atoms with Gasteiger partial charge in [0.25, 0.3) is 0 Å². The highest BCUT2D eigenvalue weighted by Crippen LogP contribution is 2.24. The van der Waals surface area contributed by atoms with Crippen molar-refractivity contribution in [2.75, 3.05) is 33.7 Å². The fourth-order valence-corrected chi connectivity index (χ4v) is 3.11. The number of likely N-dealkylation sites (N-methyl/N-ethyl adjacent to an activating group) is 2. The number of piperazine rings is 1. The molecule has 0 saturated carbocycles. The average Bonchev–Trinajstić information content (AvgIpc) is 2.63. The van der Waals surface area contributed by atoms with Crippen LogP contribution >= 0.6 is 15.9 Å². The summed E-state index contributed by atoms with van der Waals surface area (Å²) in [6.45, 7) is 3.28. The predicted molar refractivity (Wildman–Crippen MR) is 74.2 cm³/mol. The molecule has 2 rings (SSSR count). The number of nitrogens with zero attached hydrogens (tertiary/aromatic N) is 5. The summed E-state index contributed by atoms with van der Waals surface area (Å²) in [6.07, 6.45) is 0.917. The van der Waals surface area contributed by atoms with Crippen molar-refractivity contribution in [1.82, 2.24) is 24.8 Å². The van der Waals surface area contributed by atoms with Crippen molar-refractivity contribution in [2.24, 2.45) is 12.8 Å². The monoisotopic (exact) mass is 316 g/mol. The maximum atomic E-state index is 6.30. The van der Waals surface area contributed by atoms with Gasteiger partial charge in [-0.3, -0.25) is 0 Å². The minimum atomic E-state index is -0.0432. The molecule has 2 heterocycles. The largest absolute Gasteiger partial charge is 0.323 e. The van der Waals surface area contributed by atoms with Crippen LogP contribution in [0, 0.1) is 0 Å². The van der Waals surface area contributed by atoms with Gasteiger partial charge in [0, 0.05) is 32.7 Å². The Bertz CT molecular complexity index is 387. The van der Waals surface area contributed by atoms with Crippen LogP contribution < -0.4 is 5.73 Å². The first-order valence-electron chi connectivity index (χ1n) is 6.18. The van der Waals surface area contributed by atoms with Gasteiger partial charge in [-0.05, 0) is 36.4 Å². The van der Waals surface area contributed by atoms with Gasteiger partial charge in [0.1, 0.15) is 0 Å². The van der Waals surface area contributed by atoms with Gasteiger partial charge in [-0.1, -0.05) is 5.21 Å². The summed E-state index contributed by atoms with van der Waals surface area (Å²) in [6, 6.07) is 0.443. The SMILES string of the molecule is CN1CCN(C)C(CC(N)c2c(Br)nnn2C)C1. The third kappa shape index (κ3) is 2.90. The molecule has 1 aliphatic heterocycles. The molecule has 0 amide bonds. The highest BCUT2D eigenvalue weighted by atomic mass is 79.9. The molecule has 0 bridgehead atoms. The van der Waals surface area contributed by atoms with Crippen molar-refractivity contribution in [3.8, 4) is 0 Å². The first kappa shape index (κ1) is 13.9. The number of hydrogen-bond acceptors (Lipinski definition) is 5. The molecule has 1 aliphatic rings. The quantitative estimate of drug-likeness (QED) is 0.864. The molecule has 2 atom stereocenters. The van der Waals surface area contributed by atoms with Gasteiger partial charge < -0.3 is 15.5 Å². The standard InChI is InChI=1S/C11H21BrN6/c1-16-4-5-17(2)8(7-16)6-9(13)10-11(12)14-15-18(10)3/h8-9H,4-7,13H2,1-3H3. The Morgan fingerprint density at radius 3 is 2.72 bits per heavy atom. The summed E-state index contributed by atoms with van der Waals surface area (Å²) < 4.78 is 2.51. The van der Waals surface area contributed by atoms with E-state index in [1.54, 1.807) is 4.68 Å². The maximum absolute atomic E-state index is 6.30. The van der Waals surface area contributed by atoms with Crippen molar-refractivity contribution in [1.29, 1.82) is 0 Å². The second-order valence-corrected chi connectivity index (χ2v) is 5.88. The second-order valence-electron chi connectivity index (χ2n) is 5.13. The van der Waals surface area contributed by atoms with Crippen LogP contribution in [0.5, 0.6) is 0 Å². The molecule has 2 N–H and O–H groups in total. The van der Waals surface area contributed by atoms with E-state index in [1.165, 1.54) is 0 Å². The molecule has 0 spiro atoms. The molecule has 0 aliphatic carbocycles. The number of rotatable bonds is 3. The van der Waals surface area contributed by atoms with Gasteiger partial charge in [0.05, 0.1) is 11.7 Å². The van der Waals surface area contributed by atoms with Crippen LogP contribution in [-0.4, -0.2) is 64.6 Å². The molecule has 7 heteroatoms. The summed E-state index contributed by atoms with van der Waals surface area (Å²) in [5, 5.41) is 7.97. The average molecular weight is 317 g/mol. The lowest BCUT2D eigenvalue weighted by Crippen LogP contribution is -2.50. The van der Waals surface area contributed by atoms with Crippen LogP contribution in [0.25, 0.3) is 0 Å². The minimum Gasteiger partial charge on any atom is -0.323 e. The van der Waals surface area contributed by atoms with E-state index in [2.05, 4.69) is 50.1 Å². The highest BCUT2D eigenvalue weighted by Gasteiger charge is 2.26. The Balaban J connectivity index is 2.04. The van der Waals surface area contributed by atoms with Crippen molar-refractivity contribution in [3.05, 3.63) is 10.3 Å². The lowest BCUT2D eigenvalue weighted by molar-refractivity contribution is 0.103. The van der Waals surface area contributed by atoms with Crippen molar-refractivity contribution in [3.63, 3.8) is 0 Å². The number of aryl methyl sites for hydroxylation is 1. The molecule has 0 aromatic carbocycles. The van der Waals surface area contributed by atoms with Crippen LogP contribution in [0.2, 0.25) is 0 Å². The van der Waals surface area contributed by atoms with Crippen LogP contribution in [-0.2, 0) is 7.05 Å². The smallest absolute Gasteiger partial charge is 0.153 e. The van der Waals surface area contributed by atoms with E-state index in [4.69, 9.17) is 5.73 Å². The van der Waals surface area contributed by atoms with E-state index >= 15 is 0 Å². The van der Waals surface area contributed by atoms with E-state index in [0.717, 1.165) is 36.4 Å². The number of aromatic nitrogens is 3. The lowest BCUT2D eigenvalue weighted by Gasteiger charge is -2.38. The Morgan fingerprint density at radius 2 is 2.11 bits per heavy atom. The predicted octanol–water partition coefficient (Wildman–Crippen LogP) is 0.213. The fraction of sp³-hybridized carbons (Fsp3) is 0.818. The summed E-state index contributed by atoms with van der Waals surface area (Å²) in [7, 11) is 6.21. The number of nitrogens with two attached hydrogens (primary N) is 1. The molecular weight excluding hydrogens is 296 g/mol. The molecule has 18 heavy (non-hydrogen) atoms. The van der Waals surface area contributed by atoms with E-state index < -0.39 is 0 Å². The Morgan fingerprint density at radius 1 is 1.39 bits per heavy atom. The fourth-order valence-electron chi connectivity index (χ4n) is 2.49. The molecule has 1 fully saturated rings. The molecule has 1 saturated heterocycles. The molecule has 1 aromatic heterocycles. The zero-order chi connectivity index (χ0) is 13.3. The third-order valence-electron chi connectivity index (χ3n) is 3.68. The van der Waals surface area contributed by atoms with Crippen LogP contribution in [0.15, 0.2) is 4.60 Å². The third-order valence-corrected chi connectivity index (χ3v) is 4.25. The molecule has 102 valence electrons. The van der Waals surface area contributed by atoms with Crippen LogP contribution in [0.4, 0.5) is 0 Å². The van der Waals surface area contributed by atoms with Crippen molar-refractivity contribution < 1.29 is 0 Å². The molecule has 6 nitrogen and oxygen atoms in total. The van der Waals surface area contributed by atoms with E-state index in [-0.39, 0.29) is 6.04 Å². The molecule has 0 radical (unpaired) electrons. The number of halogens is 1. The minimum absolute atomic E-state index is 0.0432. The molecular formula is C11H21BrN6. The van der Waals surface area contributed by atoms with E-state index in [0.29, 0.717) is 6.04 Å². The molecule has 2 unspecified atom stereocenters. The van der Waals surface area contributed by atoms with Gasteiger partial charge >= 0.3 is 0 Å². The van der Waals surface area contributed by atoms with Gasteiger partial charge in [0.2, 0.25) is 0 Å². The highest BCUT2D eigenvalue weighted by molar-refractivity contribution is 9.10. The Hall–Kier alpha value is -0.500. The van der Waals surface area contributed by atoms with Gasteiger partial charge in [-0.2, -0.15) is 0 Å². The van der Waals surface area contributed by atoms with Crippen molar-refractivity contribution >= 4 is 15.9 Å². The Labute approximate surface area is 116 Å². The second kappa shape index (κ2) is 5.64. The van der Waals surface area contributed by atoms with Gasteiger partial charge in [0.15, 0.2) is 4.60 Å². The normalized spacial score (nSPS) is 24.4. The van der Waals surface area contributed by atoms with Crippen LogP contribution in [0.1, 0.15) is 18.2 Å². The molecule has 1 aromatic rings. The lowest BCUT2D eigenvalue weighted by atomic mass is 10.0. The van der Waals surface area contributed by atoms with Gasteiger partial charge in [-0.15, -0.1) is 5.10 Å². The van der Waals surface area contributed by atoms with E-state index in [9.17, 15) is 0 Å². The summed E-state index contributed by atoms with van der Waals surface area (Å²) in [5.74, 6) is 0. The van der Waals surface area contributed by atoms with Crippen LogP contribution in [0.3, 0.4) is 0 Å². The summed E-state index contributed by atoms with van der Waals surface area (Å²) >= 11 is 3.41. The Kier molecular flexibility index (Phi) is 4.37. The summed E-state index contributed by atoms with van der Waals surface area (Å²) in [5.41, 5.74) is 7.27. The van der Waals surface area contributed by atoms with E-state index in [1.807, 2.05) is 7.05 Å². The van der Waals surface area contributed by atoms with Gasteiger partial charge in [-0.25, -0.2) is 4.68 Å². The van der Waals surface area contributed by atoms with Crippen molar-refractivity contribution in [2.45, 2.75) is 18.5 Å². The maximum Gasteiger partial charge on any atom is 0.153 e. The topological polar surface area (TPSA) is 63.2 Å². The first-order chi connectivity index (χ1) is 8.49. The zero-order valence-corrected chi connectivity index (χ0v) is 12.8. The zero-order valence-electron chi connectivity index (χ0n) is 11.2. The first-order valence-corrected chi connectivity index (χ1v) is 6.97. The summed E-state index contributed by atoms with van der Waals surface area (Å²) in [4.78, 5) is 4.74. The number of hydrogen-bond donors (Lipinski definition) is 1.